The normalized spacial score (nSPS) is 11.2. The second-order valence-electron chi connectivity index (χ2n) is 5.51. The second kappa shape index (κ2) is 5.45. The predicted molar refractivity (Wildman–Crippen MR) is 98.6 cm³/mol. The Morgan fingerprint density at radius 2 is 1.26 bits per heavy atom. The summed E-state index contributed by atoms with van der Waals surface area (Å²) >= 11 is 12.2. The highest BCUT2D eigenvalue weighted by atomic mass is 35.5. The average molecular weight is 339 g/mol. The van der Waals surface area contributed by atoms with Crippen molar-refractivity contribution in [2.45, 2.75) is 0 Å². The fourth-order valence-corrected chi connectivity index (χ4v) is 3.43. The van der Waals surface area contributed by atoms with E-state index >= 15 is 0 Å². The lowest BCUT2D eigenvalue weighted by atomic mass is 9.95. The molecule has 0 spiro atoms. The van der Waals surface area contributed by atoms with Gasteiger partial charge in [-0.15, -0.1) is 0 Å². The molecule has 0 radical (unpaired) electrons. The van der Waals surface area contributed by atoms with E-state index in [4.69, 9.17) is 23.2 Å². The third-order valence-corrected chi connectivity index (χ3v) is 4.65. The molecule has 4 rings (SSSR count). The lowest BCUT2D eigenvalue weighted by Gasteiger charge is -2.10. The first-order valence-corrected chi connectivity index (χ1v) is 7.99. The van der Waals surface area contributed by atoms with Gasteiger partial charge in [-0.25, -0.2) is 0 Å². The van der Waals surface area contributed by atoms with Gasteiger partial charge in [0, 0.05) is 0 Å². The second-order valence-corrected chi connectivity index (χ2v) is 6.33. The van der Waals surface area contributed by atoms with Gasteiger partial charge in [-0.2, -0.15) is 0 Å². The Labute approximate surface area is 143 Å². The van der Waals surface area contributed by atoms with Gasteiger partial charge in [0.2, 0.25) is 0 Å². The van der Waals surface area contributed by atoms with E-state index in [1.807, 2.05) is 24.3 Å². The first-order chi connectivity index (χ1) is 11.1. The van der Waals surface area contributed by atoms with Gasteiger partial charge in [0.05, 0.1) is 10.0 Å². The van der Waals surface area contributed by atoms with Crippen molar-refractivity contribution in [1.82, 2.24) is 0 Å². The molecule has 0 bridgehead atoms. The maximum absolute atomic E-state index is 9.77. The van der Waals surface area contributed by atoms with E-state index in [1.54, 1.807) is 12.1 Å². The summed E-state index contributed by atoms with van der Waals surface area (Å²) in [6.45, 7) is 0. The van der Waals surface area contributed by atoms with Gasteiger partial charge in [0.1, 0.15) is 0 Å². The highest BCUT2D eigenvalue weighted by molar-refractivity contribution is 6.37. The molecular formula is C20H12Cl2O. The summed E-state index contributed by atoms with van der Waals surface area (Å²) in [5.74, 6) is -0.0808. The van der Waals surface area contributed by atoms with Crippen molar-refractivity contribution in [2.24, 2.45) is 0 Å². The van der Waals surface area contributed by atoms with Crippen LogP contribution in [0.15, 0.2) is 66.7 Å². The summed E-state index contributed by atoms with van der Waals surface area (Å²) in [6, 6.07) is 22.3. The fraction of sp³-hybridized carbons (Fsp3) is 0. The van der Waals surface area contributed by atoms with Crippen LogP contribution in [0.3, 0.4) is 0 Å². The average Bonchev–Trinajstić information content (AvgIpc) is 2.57. The van der Waals surface area contributed by atoms with Crippen molar-refractivity contribution in [1.29, 1.82) is 0 Å². The van der Waals surface area contributed by atoms with Crippen LogP contribution in [0.1, 0.15) is 0 Å². The molecule has 0 amide bonds. The summed E-state index contributed by atoms with van der Waals surface area (Å²) in [4.78, 5) is 0. The largest absolute Gasteiger partial charge is 0.505 e. The zero-order valence-corrected chi connectivity index (χ0v) is 13.6. The molecule has 0 saturated carbocycles. The van der Waals surface area contributed by atoms with Gasteiger partial charge >= 0.3 is 0 Å². The summed E-state index contributed by atoms with van der Waals surface area (Å²) < 4.78 is 0. The molecule has 0 fully saturated rings. The summed E-state index contributed by atoms with van der Waals surface area (Å²) in [6.07, 6.45) is 0. The molecule has 0 aliphatic heterocycles. The molecule has 0 heterocycles. The Kier molecular flexibility index (Phi) is 3.41. The predicted octanol–water partition coefficient (Wildman–Crippen LogP) is 6.67. The molecular weight excluding hydrogens is 327 g/mol. The molecule has 4 aromatic carbocycles. The Balaban J connectivity index is 2.05. The van der Waals surface area contributed by atoms with Crippen LogP contribution in [0.2, 0.25) is 10.0 Å². The number of rotatable bonds is 1. The summed E-state index contributed by atoms with van der Waals surface area (Å²) in [7, 11) is 0. The molecule has 4 aromatic rings. The molecule has 1 nitrogen and oxygen atoms in total. The zero-order valence-electron chi connectivity index (χ0n) is 12.1. The Morgan fingerprint density at radius 3 is 1.96 bits per heavy atom. The topological polar surface area (TPSA) is 20.2 Å². The third-order valence-electron chi connectivity index (χ3n) is 4.07. The quantitative estimate of drug-likeness (QED) is 0.384. The van der Waals surface area contributed by atoms with Gasteiger partial charge in [0.15, 0.2) is 5.75 Å². The smallest absolute Gasteiger partial charge is 0.152 e. The van der Waals surface area contributed by atoms with Gasteiger partial charge < -0.3 is 5.11 Å². The maximum atomic E-state index is 9.77. The summed E-state index contributed by atoms with van der Waals surface area (Å²) in [5.41, 5.74) is 1.93. The van der Waals surface area contributed by atoms with Crippen molar-refractivity contribution in [3.63, 3.8) is 0 Å². The van der Waals surface area contributed by atoms with Crippen LogP contribution in [0.4, 0.5) is 0 Å². The molecule has 0 saturated heterocycles. The molecule has 0 aliphatic carbocycles. The van der Waals surface area contributed by atoms with E-state index in [1.165, 1.54) is 10.8 Å². The number of halogens is 2. The van der Waals surface area contributed by atoms with E-state index in [-0.39, 0.29) is 15.8 Å². The number of hydrogen-bond donors (Lipinski definition) is 1. The van der Waals surface area contributed by atoms with E-state index in [2.05, 4.69) is 30.3 Å². The number of phenols is 1. The van der Waals surface area contributed by atoms with Gasteiger partial charge in [-0.05, 0) is 56.9 Å². The monoisotopic (exact) mass is 338 g/mol. The van der Waals surface area contributed by atoms with Crippen LogP contribution in [0, 0.1) is 0 Å². The van der Waals surface area contributed by atoms with Crippen LogP contribution < -0.4 is 0 Å². The van der Waals surface area contributed by atoms with Crippen molar-refractivity contribution < 1.29 is 5.11 Å². The zero-order chi connectivity index (χ0) is 16.0. The molecule has 112 valence electrons. The lowest BCUT2D eigenvalue weighted by Crippen LogP contribution is -1.84. The molecule has 1 N–H and O–H groups in total. The minimum Gasteiger partial charge on any atom is -0.505 e. The SMILES string of the molecule is Oc1c(Cl)cc(-c2cccc3cc4ccccc4cc23)cc1Cl. The van der Waals surface area contributed by atoms with Crippen molar-refractivity contribution in [2.75, 3.05) is 0 Å². The van der Waals surface area contributed by atoms with E-state index < -0.39 is 0 Å². The Hall–Kier alpha value is -2.22. The minimum atomic E-state index is -0.0808. The maximum Gasteiger partial charge on any atom is 0.152 e. The van der Waals surface area contributed by atoms with Crippen molar-refractivity contribution in [3.8, 4) is 16.9 Å². The van der Waals surface area contributed by atoms with E-state index in [9.17, 15) is 5.11 Å². The number of benzene rings is 4. The van der Waals surface area contributed by atoms with E-state index in [0.29, 0.717) is 0 Å². The van der Waals surface area contributed by atoms with Crippen LogP contribution in [0.5, 0.6) is 5.75 Å². The fourth-order valence-electron chi connectivity index (χ4n) is 2.94. The van der Waals surface area contributed by atoms with Crippen molar-refractivity contribution >= 4 is 44.7 Å². The Morgan fingerprint density at radius 1 is 0.652 bits per heavy atom. The molecule has 0 aliphatic rings. The van der Waals surface area contributed by atoms with Crippen LogP contribution >= 0.6 is 23.2 Å². The number of phenolic OH excluding ortho intramolecular Hbond substituents is 1. The van der Waals surface area contributed by atoms with Crippen LogP contribution in [-0.2, 0) is 0 Å². The lowest BCUT2D eigenvalue weighted by molar-refractivity contribution is 0.476. The molecule has 0 unspecified atom stereocenters. The first-order valence-electron chi connectivity index (χ1n) is 7.23. The van der Waals surface area contributed by atoms with E-state index in [0.717, 1.165) is 21.9 Å². The molecule has 3 heteroatoms. The number of hydrogen-bond acceptors (Lipinski definition) is 1. The van der Waals surface area contributed by atoms with Crippen LogP contribution in [-0.4, -0.2) is 5.11 Å². The highest BCUT2D eigenvalue weighted by Gasteiger charge is 2.11. The first kappa shape index (κ1) is 14.4. The third kappa shape index (κ3) is 2.42. The molecule has 23 heavy (non-hydrogen) atoms. The van der Waals surface area contributed by atoms with Gasteiger partial charge in [0.25, 0.3) is 0 Å². The standard InChI is InChI=1S/C20H12Cl2O/c21-18-10-15(11-19(22)20(18)23)16-7-3-6-14-8-12-4-1-2-5-13(12)9-17(14)16/h1-11,23H. The minimum absolute atomic E-state index is 0.0808. The van der Waals surface area contributed by atoms with Crippen molar-refractivity contribution in [3.05, 3.63) is 76.8 Å². The molecule has 0 aromatic heterocycles. The highest BCUT2D eigenvalue weighted by Crippen LogP contribution is 2.39. The Bertz CT molecular complexity index is 1030. The summed E-state index contributed by atoms with van der Waals surface area (Å²) in [5, 5.41) is 15.0. The van der Waals surface area contributed by atoms with Crippen LogP contribution in [0.25, 0.3) is 32.7 Å². The number of fused-ring (bicyclic) bond motifs is 2. The van der Waals surface area contributed by atoms with Gasteiger partial charge in [-0.1, -0.05) is 65.7 Å². The number of aromatic hydroxyl groups is 1. The van der Waals surface area contributed by atoms with Gasteiger partial charge in [-0.3, -0.25) is 0 Å². The molecule has 0 atom stereocenters.